The van der Waals surface area contributed by atoms with Crippen LogP contribution in [0.4, 0.5) is 0 Å². The molecule has 1 aromatic heterocycles. The third-order valence-electron chi connectivity index (χ3n) is 3.37. The lowest BCUT2D eigenvalue weighted by molar-refractivity contribution is -0.157. The number of carbonyl (C=O) groups is 1. The van der Waals surface area contributed by atoms with Crippen molar-refractivity contribution >= 4 is 5.91 Å². The van der Waals surface area contributed by atoms with Crippen LogP contribution in [-0.2, 0) is 16.1 Å². The molecule has 1 fully saturated rings. The molecule has 1 amide bonds. The summed E-state index contributed by atoms with van der Waals surface area (Å²) in [7, 11) is 0. The van der Waals surface area contributed by atoms with Crippen LogP contribution in [0, 0.1) is 19.3 Å². The van der Waals surface area contributed by atoms with Gasteiger partial charge in [0, 0.05) is 18.8 Å². The number of nitrogens with one attached hydrogen (secondary N) is 1. The van der Waals surface area contributed by atoms with E-state index in [0.717, 1.165) is 17.9 Å². The first kappa shape index (κ1) is 12.1. The SMILES string of the molecule is Cc1ncn(CCNC(=O)C2(C)COC2)c1C. The van der Waals surface area contributed by atoms with Crippen LogP contribution in [0.1, 0.15) is 18.3 Å². The summed E-state index contributed by atoms with van der Waals surface area (Å²) in [4.78, 5) is 16.0. The summed E-state index contributed by atoms with van der Waals surface area (Å²) in [6.45, 7) is 8.39. The van der Waals surface area contributed by atoms with Gasteiger partial charge in [0.05, 0.1) is 30.7 Å². The molecule has 1 N–H and O–H groups in total. The van der Waals surface area contributed by atoms with Crippen LogP contribution >= 0.6 is 0 Å². The van der Waals surface area contributed by atoms with Crippen LogP contribution in [0.15, 0.2) is 6.33 Å². The molecule has 0 bridgehead atoms. The lowest BCUT2D eigenvalue weighted by Gasteiger charge is -2.36. The first-order valence-corrected chi connectivity index (χ1v) is 5.87. The van der Waals surface area contributed by atoms with Crippen molar-refractivity contribution in [1.82, 2.24) is 14.9 Å². The van der Waals surface area contributed by atoms with Gasteiger partial charge in [-0.05, 0) is 20.8 Å². The van der Waals surface area contributed by atoms with Crippen LogP contribution in [0.3, 0.4) is 0 Å². The molecule has 2 rings (SSSR count). The molecule has 94 valence electrons. The normalized spacial score (nSPS) is 17.6. The Hall–Kier alpha value is -1.36. The minimum absolute atomic E-state index is 0.0817. The molecule has 17 heavy (non-hydrogen) atoms. The molecule has 0 atom stereocenters. The zero-order valence-electron chi connectivity index (χ0n) is 10.6. The van der Waals surface area contributed by atoms with Crippen LogP contribution in [0.5, 0.6) is 0 Å². The van der Waals surface area contributed by atoms with Crippen molar-refractivity contribution in [3.8, 4) is 0 Å². The Morgan fingerprint density at radius 3 is 2.76 bits per heavy atom. The third-order valence-corrected chi connectivity index (χ3v) is 3.37. The standard InChI is InChI=1S/C12H19N3O2/c1-9-10(2)15(8-14-9)5-4-13-11(16)12(3)6-17-7-12/h8H,4-7H2,1-3H3,(H,13,16). The van der Waals surface area contributed by atoms with Gasteiger partial charge in [0.1, 0.15) is 0 Å². The van der Waals surface area contributed by atoms with Gasteiger partial charge in [-0.2, -0.15) is 0 Å². The van der Waals surface area contributed by atoms with Crippen molar-refractivity contribution in [2.45, 2.75) is 27.3 Å². The summed E-state index contributed by atoms with van der Waals surface area (Å²) >= 11 is 0. The highest BCUT2D eigenvalue weighted by molar-refractivity contribution is 5.83. The maximum Gasteiger partial charge on any atom is 0.230 e. The predicted octanol–water partition coefficient (Wildman–Crippen LogP) is 0.653. The highest BCUT2D eigenvalue weighted by atomic mass is 16.5. The number of hydrogen-bond acceptors (Lipinski definition) is 3. The lowest BCUT2D eigenvalue weighted by Crippen LogP contribution is -2.52. The molecule has 1 aromatic rings. The number of aryl methyl sites for hydroxylation is 1. The lowest BCUT2D eigenvalue weighted by atomic mass is 9.88. The van der Waals surface area contributed by atoms with Crippen molar-refractivity contribution in [2.24, 2.45) is 5.41 Å². The molecular weight excluding hydrogens is 218 g/mol. The summed E-state index contributed by atoms with van der Waals surface area (Å²) in [5, 5.41) is 2.94. The number of amides is 1. The van der Waals surface area contributed by atoms with E-state index in [2.05, 4.69) is 14.9 Å². The van der Waals surface area contributed by atoms with Gasteiger partial charge in [-0.1, -0.05) is 0 Å². The summed E-state index contributed by atoms with van der Waals surface area (Å²) in [5.41, 5.74) is 1.87. The van der Waals surface area contributed by atoms with Gasteiger partial charge in [0.15, 0.2) is 0 Å². The van der Waals surface area contributed by atoms with E-state index in [1.54, 1.807) is 0 Å². The van der Waals surface area contributed by atoms with Gasteiger partial charge in [-0.15, -0.1) is 0 Å². The second kappa shape index (κ2) is 4.49. The predicted molar refractivity (Wildman–Crippen MR) is 63.6 cm³/mol. The highest BCUT2D eigenvalue weighted by Gasteiger charge is 2.40. The fourth-order valence-electron chi connectivity index (χ4n) is 1.81. The van der Waals surface area contributed by atoms with Crippen molar-refractivity contribution in [3.63, 3.8) is 0 Å². The fraction of sp³-hybridized carbons (Fsp3) is 0.667. The van der Waals surface area contributed by atoms with E-state index in [1.807, 2.05) is 27.1 Å². The highest BCUT2D eigenvalue weighted by Crippen LogP contribution is 2.26. The average molecular weight is 237 g/mol. The Labute approximate surface area is 101 Å². The quantitative estimate of drug-likeness (QED) is 0.836. The second-order valence-corrected chi connectivity index (χ2v) is 4.92. The number of nitrogens with zero attached hydrogens (tertiary/aromatic N) is 2. The van der Waals surface area contributed by atoms with Crippen LogP contribution in [0.25, 0.3) is 0 Å². The molecule has 0 unspecified atom stereocenters. The minimum Gasteiger partial charge on any atom is -0.379 e. The zero-order valence-corrected chi connectivity index (χ0v) is 10.6. The number of rotatable bonds is 4. The Balaban J connectivity index is 1.80. The maximum absolute atomic E-state index is 11.8. The van der Waals surface area contributed by atoms with Gasteiger partial charge in [-0.25, -0.2) is 4.98 Å². The third kappa shape index (κ3) is 2.34. The zero-order chi connectivity index (χ0) is 12.5. The molecule has 1 aliphatic heterocycles. The summed E-state index contributed by atoms with van der Waals surface area (Å²) in [5.74, 6) is 0.0817. The Bertz CT molecular complexity index is 421. The van der Waals surface area contributed by atoms with E-state index in [-0.39, 0.29) is 11.3 Å². The minimum atomic E-state index is -0.320. The van der Waals surface area contributed by atoms with Gasteiger partial charge < -0.3 is 14.6 Å². The summed E-state index contributed by atoms with van der Waals surface area (Å²) in [6, 6.07) is 0. The fourth-order valence-corrected chi connectivity index (χ4v) is 1.81. The molecule has 1 aliphatic rings. The number of carbonyl (C=O) groups excluding carboxylic acids is 1. The van der Waals surface area contributed by atoms with Crippen molar-refractivity contribution < 1.29 is 9.53 Å². The van der Waals surface area contributed by atoms with Crippen molar-refractivity contribution in [2.75, 3.05) is 19.8 Å². The second-order valence-electron chi connectivity index (χ2n) is 4.92. The van der Waals surface area contributed by atoms with Gasteiger partial charge >= 0.3 is 0 Å². The van der Waals surface area contributed by atoms with E-state index in [0.29, 0.717) is 19.8 Å². The molecule has 0 aliphatic carbocycles. The Morgan fingerprint density at radius 2 is 2.29 bits per heavy atom. The van der Waals surface area contributed by atoms with Crippen molar-refractivity contribution in [3.05, 3.63) is 17.7 Å². The van der Waals surface area contributed by atoms with Crippen molar-refractivity contribution in [1.29, 1.82) is 0 Å². The smallest absolute Gasteiger partial charge is 0.230 e. The molecule has 0 radical (unpaired) electrons. The van der Waals surface area contributed by atoms with Gasteiger partial charge in [0.2, 0.25) is 5.91 Å². The van der Waals surface area contributed by atoms with Crippen LogP contribution in [-0.4, -0.2) is 35.2 Å². The molecule has 1 saturated heterocycles. The molecule has 0 aromatic carbocycles. The first-order valence-electron chi connectivity index (χ1n) is 5.87. The molecular formula is C12H19N3O2. The number of ether oxygens (including phenoxy) is 1. The largest absolute Gasteiger partial charge is 0.379 e. The van der Waals surface area contributed by atoms with Crippen LogP contribution in [0.2, 0.25) is 0 Å². The number of imidazole rings is 1. The van der Waals surface area contributed by atoms with Gasteiger partial charge in [0.25, 0.3) is 0 Å². The maximum atomic E-state index is 11.8. The van der Waals surface area contributed by atoms with E-state index >= 15 is 0 Å². The summed E-state index contributed by atoms with van der Waals surface area (Å²) in [6.07, 6.45) is 1.81. The van der Waals surface area contributed by atoms with E-state index in [1.165, 1.54) is 0 Å². The molecule has 0 spiro atoms. The van der Waals surface area contributed by atoms with Crippen LogP contribution < -0.4 is 5.32 Å². The van der Waals surface area contributed by atoms with E-state index in [9.17, 15) is 4.79 Å². The summed E-state index contributed by atoms with van der Waals surface area (Å²) < 4.78 is 7.12. The monoisotopic (exact) mass is 237 g/mol. The van der Waals surface area contributed by atoms with E-state index in [4.69, 9.17) is 4.74 Å². The average Bonchev–Trinajstić information content (AvgIpc) is 2.57. The molecule has 0 saturated carbocycles. The molecule has 2 heterocycles. The number of hydrogen-bond donors (Lipinski definition) is 1. The topological polar surface area (TPSA) is 56.2 Å². The van der Waals surface area contributed by atoms with E-state index < -0.39 is 0 Å². The first-order chi connectivity index (χ1) is 8.03. The molecule has 5 heteroatoms. The number of aromatic nitrogens is 2. The van der Waals surface area contributed by atoms with Gasteiger partial charge in [-0.3, -0.25) is 4.79 Å². The molecule has 5 nitrogen and oxygen atoms in total. The Morgan fingerprint density at radius 1 is 1.59 bits per heavy atom. The Kier molecular flexibility index (Phi) is 3.19.